The summed E-state index contributed by atoms with van der Waals surface area (Å²) < 4.78 is 21.7. The third-order valence-electron chi connectivity index (χ3n) is 2.66. The van der Waals surface area contributed by atoms with Crippen molar-refractivity contribution in [3.05, 3.63) is 16.5 Å². The number of nitrogens with one attached hydrogen (secondary N) is 1. The molecule has 1 aromatic rings. The summed E-state index contributed by atoms with van der Waals surface area (Å²) in [6, 6.07) is 0. The normalized spacial score (nSPS) is 12.5. The molecular formula is C12H21ClN4O2S. The summed E-state index contributed by atoms with van der Waals surface area (Å²) in [6.45, 7) is 8.27. The largest absolute Gasteiger partial charge is 0.370 e. The minimum atomic E-state index is -3.43. The molecule has 0 saturated carbocycles. The van der Waals surface area contributed by atoms with Gasteiger partial charge in [-0.15, -0.1) is 0 Å². The zero-order chi connectivity index (χ0) is 15.6. The van der Waals surface area contributed by atoms with Crippen LogP contribution in [0.15, 0.2) is 0 Å². The smallest absolute Gasteiger partial charge is 0.209 e. The van der Waals surface area contributed by atoms with Crippen LogP contribution in [0.1, 0.15) is 38.6 Å². The molecule has 0 spiro atoms. The van der Waals surface area contributed by atoms with E-state index in [4.69, 9.17) is 16.7 Å². The van der Waals surface area contributed by atoms with Gasteiger partial charge in [-0.05, 0) is 13.3 Å². The minimum Gasteiger partial charge on any atom is -0.370 e. The molecule has 0 radical (unpaired) electrons. The molecule has 6 nitrogen and oxygen atoms in total. The van der Waals surface area contributed by atoms with Crippen molar-refractivity contribution in [2.45, 2.75) is 39.5 Å². The van der Waals surface area contributed by atoms with Crippen molar-refractivity contribution in [1.82, 2.24) is 9.97 Å². The van der Waals surface area contributed by atoms with Crippen molar-refractivity contribution in [2.75, 3.05) is 17.6 Å². The van der Waals surface area contributed by atoms with Gasteiger partial charge in [-0.3, -0.25) is 0 Å². The molecule has 0 saturated heterocycles. The van der Waals surface area contributed by atoms with Gasteiger partial charge < -0.3 is 5.32 Å². The predicted molar refractivity (Wildman–Crippen MR) is 81.6 cm³/mol. The maximum atomic E-state index is 10.9. The van der Waals surface area contributed by atoms with Gasteiger partial charge in [-0.2, -0.15) is 0 Å². The lowest BCUT2D eigenvalue weighted by Gasteiger charge is -2.19. The highest BCUT2D eigenvalue weighted by Gasteiger charge is 2.20. The Morgan fingerprint density at radius 3 is 2.40 bits per heavy atom. The van der Waals surface area contributed by atoms with Crippen LogP contribution in [0.25, 0.3) is 0 Å². The summed E-state index contributed by atoms with van der Waals surface area (Å²) in [6.07, 6.45) is 0.407. The van der Waals surface area contributed by atoms with Crippen molar-refractivity contribution >= 4 is 27.4 Å². The van der Waals surface area contributed by atoms with Crippen LogP contribution in [0.5, 0.6) is 0 Å². The number of nitrogens with zero attached hydrogens (tertiary/aromatic N) is 2. The average molecular weight is 321 g/mol. The van der Waals surface area contributed by atoms with Crippen LogP contribution in [0.4, 0.5) is 5.82 Å². The predicted octanol–water partition coefficient (Wildman–Crippen LogP) is 1.83. The summed E-state index contributed by atoms with van der Waals surface area (Å²) in [7, 11) is -3.43. The summed E-state index contributed by atoms with van der Waals surface area (Å²) in [5.74, 6) is 1.20. The molecule has 3 N–H and O–H groups in total. The Hall–Kier alpha value is -0.920. The number of halogens is 1. The molecule has 0 atom stereocenters. The molecule has 0 bridgehead atoms. The van der Waals surface area contributed by atoms with E-state index in [1.165, 1.54) is 0 Å². The fraction of sp³-hybridized carbons (Fsp3) is 0.667. The van der Waals surface area contributed by atoms with Gasteiger partial charge in [0.15, 0.2) is 0 Å². The van der Waals surface area contributed by atoms with Gasteiger partial charge in [0, 0.05) is 17.5 Å². The monoisotopic (exact) mass is 320 g/mol. The van der Waals surface area contributed by atoms with Gasteiger partial charge in [-0.1, -0.05) is 32.4 Å². The van der Waals surface area contributed by atoms with E-state index in [0.717, 1.165) is 5.56 Å². The first kappa shape index (κ1) is 17.1. The number of nitrogens with two attached hydrogens (primary N) is 1. The molecule has 0 aliphatic carbocycles. The molecule has 1 aromatic heterocycles. The number of rotatable bonds is 5. The molecule has 0 fully saturated rings. The van der Waals surface area contributed by atoms with Crippen LogP contribution in [0.3, 0.4) is 0 Å². The van der Waals surface area contributed by atoms with Crippen LogP contribution >= 0.6 is 11.6 Å². The van der Waals surface area contributed by atoms with Crippen molar-refractivity contribution in [1.29, 1.82) is 0 Å². The van der Waals surface area contributed by atoms with E-state index >= 15 is 0 Å². The second kappa shape index (κ2) is 6.24. The van der Waals surface area contributed by atoms with E-state index in [9.17, 15) is 8.42 Å². The lowest BCUT2D eigenvalue weighted by molar-refractivity contribution is 0.545. The van der Waals surface area contributed by atoms with Gasteiger partial charge in [0.25, 0.3) is 0 Å². The first-order valence-electron chi connectivity index (χ1n) is 6.29. The van der Waals surface area contributed by atoms with Gasteiger partial charge in [0.05, 0.1) is 5.75 Å². The maximum Gasteiger partial charge on any atom is 0.209 e. The van der Waals surface area contributed by atoms with E-state index in [0.29, 0.717) is 29.8 Å². The summed E-state index contributed by atoms with van der Waals surface area (Å²) in [4.78, 5) is 8.72. The molecule has 8 heteroatoms. The highest BCUT2D eigenvalue weighted by Crippen LogP contribution is 2.25. The van der Waals surface area contributed by atoms with Crippen LogP contribution in [-0.2, 0) is 15.4 Å². The molecule has 0 amide bonds. The van der Waals surface area contributed by atoms with Gasteiger partial charge in [-0.25, -0.2) is 23.5 Å². The molecule has 0 aliphatic rings. The molecule has 0 aliphatic heterocycles. The van der Waals surface area contributed by atoms with E-state index in [1.54, 1.807) is 0 Å². The Morgan fingerprint density at radius 2 is 1.90 bits per heavy atom. The Balaban J connectivity index is 2.82. The lowest BCUT2D eigenvalue weighted by atomic mass is 9.95. The van der Waals surface area contributed by atoms with Crippen LogP contribution in [0.2, 0.25) is 5.15 Å². The lowest BCUT2D eigenvalue weighted by Crippen LogP contribution is -2.20. The SMILES string of the molecule is Cc1c(Cl)nc(C(C)(C)C)nc1NCCCS(N)(=O)=O. The molecule has 0 unspecified atom stereocenters. The maximum absolute atomic E-state index is 10.9. The minimum absolute atomic E-state index is 0.0655. The average Bonchev–Trinajstić information content (AvgIpc) is 2.26. The number of hydrogen-bond acceptors (Lipinski definition) is 5. The summed E-state index contributed by atoms with van der Waals surface area (Å²) >= 11 is 6.10. The number of primary sulfonamides is 1. The first-order chi connectivity index (χ1) is 9.00. The third-order valence-corrected chi connectivity index (χ3v) is 3.88. The van der Waals surface area contributed by atoms with Crippen molar-refractivity contribution < 1.29 is 8.42 Å². The number of aromatic nitrogens is 2. The summed E-state index contributed by atoms with van der Waals surface area (Å²) in [5, 5.41) is 8.43. The quantitative estimate of drug-likeness (QED) is 0.637. The fourth-order valence-electron chi connectivity index (χ4n) is 1.48. The van der Waals surface area contributed by atoms with Crippen molar-refractivity contribution in [3.8, 4) is 0 Å². The third kappa shape index (κ3) is 5.22. The second-order valence-corrected chi connectivity index (χ2v) is 7.80. The van der Waals surface area contributed by atoms with E-state index in [-0.39, 0.29) is 11.2 Å². The Kier molecular flexibility index (Phi) is 5.34. The molecule has 0 aromatic carbocycles. The second-order valence-electron chi connectivity index (χ2n) is 5.71. The van der Waals surface area contributed by atoms with Crippen molar-refractivity contribution in [3.63, 3.8) is 0 Å². The van der Waals surface area contributed by atoms with E-state index in [1.807, 2.05) is 27.7 Å². The van der Waals surface area contributed by atoms with Crippen LogP contribution in [-0.4, -0.2) is 30.7 Å². The van der Waals surface area contributed by atoms with Gasteiger partial charge in [0.1, 0.15) is 16.8 Å². The van der Waals surface area contributed by atoms with Gasteiger partial charge >= 0.3 is 0 Å². The standard InChI is InChI=1S/C12H21ClN4O2S/c1-8-9(13)16-11(12(2,3)4)17-10(8)15-6-5-7-20(14,18)19/h5-7H2,1-4H3,(H2,14,18,19)(H,15,16,17). The van der Waals surface area contributed by atoms with Gasteiger partial charge in [0.2, 0.25) is 10.0 Å². The number of hydrogen-bond donors (Lipinski definition) is 2. The Bertz CT molecular complexity index is 582. The Morgan fingerprint density at radius 1 is 1.30 bits per heavy atom. The molecule has 114 valence electrons. The highest BCUT2D eigenvalue weighted by atomic mass is 35.5. The summed E-state index contributed by atoms with van der Waals surface area (Å²) in [5.41, 5.74) is 0.532. The Labute approximate surface area is 125 Å². The fourth-order valence-corrected chi connectivity index (χ4v) is 2.19. The molecular weight excluding hydrogens is 300 g/mol. The van der Waals surface area contributed by atoms with E-state index in [2.05, 4.69) is 15.3 Å². The topological polar surface area (TPSA) is 98.0 Å². The van der Waals surface area contributed by atoms with Crippen molar-refractivity contribution in [2.24, 2.45) is 5.14 Å². The zero-order valence-electron chi connectivity index (χ0n) is 12.2. The molecule has 1 rings (SSSR count). The zero-order valence-corrected chi connectivity index (χ0v) is 13.8. The molecule has 1 heterocycles. The first-order valence-corrected chi connectivity index (χ1v) is 8.39. The van der Waals surface area contributed by atoms with Crippen LogP contribution < -0.4 is 10.5 Å². The number of anilines is 1. The van der Waals surface area contributed by atoms with Crippen LogP contribution in [0, 0.1) is 6.92 Å². The number of sulfonamides is 1. The molecule has 20 heavy (non-hydrogen) atoms. The van der Waals surface area contributed by atoms with E-state index < -0.39 is 10.0 Å². The highest BCUT2D eigenvalue weighted by molar-refractivity contribution is 7.89.